The minimum atomic E-state index is -0.396. The average Bonchev–Trinajstić information content (AvgIpc) is 3.30. The van der Waals surface area contributed by atoms with Crippen LogP contribution in [0.5, 0.6) is 5.75 Å². The molecule has 0 unspecified atom stereocenters. The molecule has 1 aromatic heterocycles. The fraction of sp³-hybridized carbons (Fsp3) is 0.500. The van der Waals surface area contributed by atoms with Crippen LogP contribution < -0.4 is 4.74 Å². The van der Waals surface area contributed by atoms with E-state index in [0.29, 0.717) is 13.1 Å². The molecule has 0 bridgehead atoms. The zero-order valence-corrected chi connectivity index (χ0v) is 21.2. The highest BCUT2D eigenvalue weighted by atomic mass is 32.1. The van der Waals surface area contributed by atoms with E-state index in [0.717, 1.165) is 23.3 Å². The molecule has 1 aliphatic rings. The largest absolute Gasteiger partial charge is 0.497 e. The number of carbonyl (C=O) groups is 3. The minimum Gasteiger partial charge on any atom is -0.497 e. The van der Waals surface area contributed by atoms with Crippen LogP contribution in [0.4, 0.5) is 0 Å². The fourth-order valence-electron chi connectivity index (χ4n) is 4.28. The quantitative estimate of drug-likeness (QED) is 0.474. The summed E-state index contributed by atoms with van der Waals surface area (Å²) in [6.45, 7) is 7.08. The van der Waals surface area contributed by atoms with Gasteiger partial charge in [-0.25, -0.2) is 0 Å². The Morgan fingerprint density at radius 3 is 2.53 bits per heavy atom. The molecule has 0 N–H and O–H groups in total. The molecule has 1 aromatic carbocycles. The summed E-state index contributed by atoms with van der Waals surface area (Å²) >= 11 is 1.71. The highest BCUT2D eigenvalue weighted by molar-refractivity contribution is 7.10. The van der Waals surface area contributed by atoms with Crippen molar-refractivity contribution in [3.05, 3.63) is 51.7 Å². The second-order valence-corrected chi connectivity index (χ2v) is 9.79. The number of methoxy groups -OCH3 is 1. The summed E-state index contributed by atoms with van der Waals surface area (Å²) in [4.78, 5) is 43.0. The molecule has 2 heterocycles. The summed E-state index contributed by atoms with van der Waals surface area (Å²) in [6, 6.07) is 9.68. The van der Waals surface area contributed by atoms with Crippen molar-refractivity contribution >= 4 is 29.1 Å². The maximum Gasteiger partial charge on any atom is 0.306 e. The number of fused-ring (bicyclic) bond motifs is 1. The molecule has 0 saturated heterocycles. The predicted molar refractivity (Wildman–Crippen MR) is 132 cm³/mol. The first-order chi connectivity index (χ1) is 16.3. The van der Waals surface area contributed by atoms with Gasteiger partial charge in [0.25, 0.3) is 0 Å². The van der Waals surface area contributed by atoms with E-state index in [2.05, 4.69) is 11.4 Å². The van der Waals surface area contributed by atoms with Crippen LogP contribution in [0.25, 0.3) is 0 Å². The number of hydrogen-bond acceptors (Lipinski definition) is 6. The van der Waals surface area contributed by atoms with Gasteiger partial charge in [0.05, 0.1) is 32.7 Å². The van der Waals surface area contributed by atoms with Gasteiger partial charge >= 0.3 is 5.97 Å². The number of esters is 1. The van der Waals surface area contributed by atoms with Gasteiger partial charge in [0.1, 0.15) is 5.75 Å². The number of rotatable bonds is 10. The van der Waals surface area contributed by atoms with Crippen molar-refractivity contribution in [3.63, 3.8) is 0 Å². The Hall–Kier alpha value is -2.87. The molecule has 1 aliphatic heterocycles. The van der Waals surface area contributed by atoms with Crippen molar-refractivity contribution in [2.75, 3.05) is 33.4 Å². The fourth-order valence-corrected chi connectivity index (χ4v) is 5.18. The van der Waals surface area contributed by atoms with Crippen LogP contribution in [0, 0.1) is 5.92 Å². The van der Waals surface area contributed by atoms with Crippen molar-refractivity contribution in [1.29, 1.82) is 0 Å². The lowest BCUT2D eigenvalue weighted by Gasteiger charge is -2.38. The van der Waals surface area contributed by atoms with Crippen molar-refractivity contribution in [2.24, 2.45) is 5.92 Å². The van der Waals surface area contributed by atoms with E-state index in [1.165, 1.54) is 4.88 Å². The van der Waals surface area contributed by atoms with Crippen molar-refractivity contribution < 1.29 is 23.9 Å². The van der Waals surface area contributed by atoms with E-state index in [1.807, 2.05) is 43.0 Å². The lowest BCUT2D eigenvalue weighted by atomic mass is 9.93. The van der Waals surface area contributed by atoms with E-state index in [4.69, 9.17) is 9.47 Å². The van der Waals surface area contributed by atoms with E-state index in [-0.39, 0.29) is 49.8 Å². The summed E-state index contributed by atoms with van der Waals surface area (Å²) in [5.41, 5.74) is 2.15. The number of carbonyl (C=O) groups excluding carboxylic acids is 3. The summed E-state index contributed by atoms with van der Waals surface area (Å²) in [6.07, 6.45) is 0.855. The number of nitrogens with zero attached hydrogens (tertiary/aromatic N) is 2. The van der Waals surface area contributed by atoms with Crippen molar-refractivity contribution in [1.82, 2.24) is 9.80 Å². The molecular weight excluding hydrogens is 452 g/mol. The first-order valence-electron chi connectivity index (χ1n) is 11.8. The second kappa shape index (κ2) is 12.0. The number of ether oxygens (including phenoxy) is 2. The number of amides is 2. The average molecular weight is 487 g/mol. The van der Waals surface area contributed by atoms with Gasteiger partial charge in [-0.3, -0.25) is 14.4 Å². The number of hydrogen-bond donors (Lipinski definition) is 0. The summed E-state index contributed by atoms with van der Waals surface area (Å²) in [5, 5.41) is 2.07. The van der Waals surface area contributed by atoms with Crippen LogP contribution in [0.2, 0.25) is 0 Å². The van der Waals surface area contributed by atoms with E-state index in [1.54, 1.807) is 30.3 Å². The number of thiophene rings is 1. The Balaban J connectivity index is 1.80. The van der Waals surface area contributed by atoms with Crippen LogP contribution in [0.15, 0.2) is 35.7 Å². The molecule has 2 aromatic rings. The summed E-state index contributed by atoms with van der Waals surface area (Å²) in [5.74, 6) is 0.263. The smallest absolute Gasteiger partial charge is 0.306 e. The third-order valence-electron chi connectivity index (χ3n) is 5.83. The van der Waals surface area contributed by atoms with Crippen LogP contribution >= 0.6 is 11.3 Å². The molecule has 184 valence electrons. The first-order valence-corrected chi connectivity index (χ1v) is 12.6. The molecule has 8 heteroatoms. The summed E-state index contributed by atoms with van der Waals surface area (Å²) < 4.78 is 10.2. The van der Waals surface area contributed by atoms with Crippen LogP contribution in [0.1, 0.15) is 55.7 Å². The maximum absolute atomic E-state index is 13.6. The van der Waals surface area contributed by atoms with Gasteiger partial charge in [0.15, 0.2) is 0 Å². The monoisotopic (exact) mass is 486 g/mol. The lowest BCUT2D eigenvalue weighted by molar-refractivity contribution is -0.147. The third-order valence-corrected chi connectivity index (χ3v) is 6.83. The molecule has 2 amide bonds. The Kier molecular flexibility index (Phi) is 9.10. The topological polar surface area (TPSA) is 76.2 Å². The molecule has 3 rings (SSSR count). The molecule has 0 radical (unpaired) electrons. The minimum absolute atomic E-state index is 0.00797. The molecule has 0 aliphatic carbocycles. The highest BCUT2D eigenvalue weighted by Gasteiger charge is 2.34. The molecule has 1 atom stereocenters. The lowest BCUT2D eigenvalue weighted by Crippen LogP contribution is -2.47. The standard InChI is InChI=1S/C26H34N2O5S/c1-5-33-25(31)11-10-23(29)27(16-18(2)3)17-24(30)28-14-12-22-21(13-15-34-22)26(28)19-6-8-20(32-4)9-7-19/h6-9,13,15,18,26H,5,10-12,14,16-17H2,1-4H3/t26-/m1/s1. The van der Waals surface area contributed by atoms with Gasteiger partial charge in [-0.15, -0.1) is 11.3 Å². The number of benzene rings is 1. The van der Waals surface area contributed by atoms with Gasteiger partial charge in [0, 0.05) is 24.4 Å². The van der Waals surface area contributed by atoms with Crippen LogP contribution in [0.3, 0.4) is 0 Å². The molecule has 34 heavy (non-hydrogen) atoms. The SMILES string of the molecule is CCOC(=O)CCC(=O)N(CC(=O)N1CCc2sccc2[C@H]1c1ccc(OC)cc1)CC(C)C. The Morgan fingerprint density at radius 2 is 1.88 bits per heavy atom. The molecule has 0 fully saturated rings. The Labute approximate surface area is 205 Å². The van der Waals surface area contributed by atoms with Crippen LogP contribution in [-0.2, 0) is 25.5 Å². The van der Waals surface area contributed by atoms with E-state index in [9.17, 15) is 14.4 Å². The molecule has 0 spiro atoms. The third kappa shape index (κ3) is 6.38. The zero-order valence-electron chi connectivity index (χ0n) is 20.4. The van der Waals surface area contributed by atoms with E-state index < -0.39 is 5.97 Å². The predicted octanol–water partition coefficient (Wildman–Crippen LogP) is 4.06. The van der Waals surface area contributed by atoms with Crippen molar-refractivity contribution in [3.8, 4) is 5.75 Å². The Morgan fingerprint density at radius 1 is 1.15 bits per heavy atom. The summed E-state index contributed by atoms with van der Waals surface area (Å²) in [7, 11) is 1.63. The Bertz CT molecular complexity index is 985. The normalized spacial score (nSPS) is 15.1. The highest BCUT2D eigenvalue weighted by Crippen LogP contribution is 2.38. The zero-order chi connectivity index (χ0) is 24.7. The molecule has 0 saturated carbocycles. The van der Waals surface area contributed by atoms with Crippen molar-refractivity contribution in [2.45, 2.75) is 46.1 Å². The van der Waals surface area contributed by atoms with Gasteiger partial charge in [-0.2, -0.15) is 0 Å². The van der Waals surface area contributed by atoms with Gasteiger partial charge < -0.3 is 19.3 Å². The maximum atomic E-state index is 13.6. The first kappa shape index (κ1) is 25.7. The van der Waals surface area contributed by atoms with Crippen LogP contribution in [-0.4, -0.2) is 60.9 Å². The second-order valence-electron chi connectivity index (χ2n) is 8.79. The van der Waals surface area contributed by atoms with Gasteiger partial charge in [0.2, 0.25) is 11.8 Å². The molecular formula is C26H34N2O5S. The molecule has 7 nitrogen and oxygen atoms in total. The van der Waals surface area contributed by atoms with Gasteiger partial charge in [-0.1, -0.05) is 26.0 Å². The van der Waals surface area contributed by atoms with E-state index >= 15 is 0 Å². The van der Waals surface area contributed by atoms with Gasteiger partial charge in [-0.05, 0) is 54.0 Å².